The Morgan fingerprint density at radius 1 is 1.11 bits per heavy atom. The first kappa shape index (κ1) is 12.0. The first-order chi connectivity index (χ1) is 9.38. The van der Waals surface area contributed by atoms with Gasteiger partial charge in [0.25, 0.3) is 0 Å². The van der Waals surface area contributed by atoms with Gasteiger partial charge in [0.05, 0.1) is 11.1 Å². The number of hydrogen-bond acceptors (Lipinski definition) is 5. The second kappa shape index (κ2) is 5.32. The van der Waals surface area contributed by atoms with Crippen LogP contribution < -0.4 is 0 Å². The van der Waals surface area contributed by atoms with Crippen LogP contribution in [0.5, 0.6) is 0 Å². The topological polar surface area (TPSA) is 64.7 Å². The van der Waals surface area contributed by atoms with Crippen LogP contribution in [0.2, 0.25) is 0 Å². The molecule has 0 saturated carbocycles. The van der Waals surface area contributed by atoms with Crippen molar-refractivity contribution in [3.63, 3.8) is 0 Å². The van der Waals surface area contributed by atoms with Crippen LogP contribution in [0.15, 0.2) is 35.0 Å². The molecule has 0 aliphatic carbocycles. The van der Waals surface area contributed by atoms with E-state index in [9.17, 15) is 0 Å². The van der Waals surface area contributed by atoms with Crippen molar-refractivity contribution >= 4 is 22.6 Å². The highest BCUT2D eigenvalue weighted by molar-refractivity contribution is 6.17. The van der Waals surface area contributed by atoms with Crippen molar-refractivity contribution in [2.24, 2.45) is 0 Å². The van der Waals surface area contributed by atoms with Crippen LogP contribution in [0.1, 0.15) is 12.3 Å². The molecule has 19 heavy (non-hydrogen) atoms. The maximum Gasteiger partial charge on any atom is 0.249 e. The zero-order valence-electron chi connectivity index (χ0n) is 10.1. The van der Waals surface area contributed by atoms with Gasteiger partial charge in [0.15, 0.2) is 0 Å². The van der Waals surface area contributed by atoms with E-state index in [2.05, 4.69) is 20.2 Å². The minimum Gasteiger partial charge on any atom is -0.421 e. The molecule has 0 saturated heterocycles. The highest BCUT2D eigenvalue weighted by Gasteiger charge is 2.12. The van der Waals surface area contributed by atoms with E-state index < -0.39 is 0 Å². The number of rotatable bonds is 4. The van der Waals surface area contributed by atoms with Crippen molar-refractivity contribution in [3.05, 3.63) is 36.5 Å². The fraction of sp³-hybridized carbons (Fsp3) is 0.231. The molecular weight excluding hydrogens is 264 g/mol. The lowest BCUT2D eigenvalue weighted by Gasteiger charge is -1.99. The summed E-state index contributed by atoms with van der Waals surface area (Å²) in [5.74, 6) is 1.64. The Labute approximate surface area is 114 Å². The third-order valence-electron chi connectivity index (χ3n) is 2.72. The molecule has 0 aliphatic rings. The predicted molar refractivity (Wildman–Crippen MR) is 71.9 cm³/mol. The highest BCUT2D eigenvalue weighted by Crippen LogP contribution is 2.24. The average molecular weight is 275 g/mol. The first-order valence-corrected chi connectivity index (χ1v) is 6.50. The first-order valence-electron chi connectivity index (χ1n) is 5.97. The average Bonchev–Trinajstić information content (AvgIpc) is 2.93. The summed E-state index contributed by atoms with van der Waals surface area (Å²) in [6.07, 6.45) is 4.81. The molecule has 2 aromatic heterocycles. The van der Waals surface area contributed by atoms with E-state index in [4.69, 9.17) is 16.0 Å². The van der Waals surface area contributed by atoms with Crippen LogP contribution in [0.25, 0.3) is 22.5 Å². The molecule has 1 aromatic carbocycles. The van der Waals surface area contributed by atoms with Gasteiger partial charge < -0.3 is 4.42 Å². The molecule has 0 fully saturated rings. The summed E-state index contributed by atoms with van der Waals surface area (Å²) >= 11 is 5.65. The summed E-state index contributed by atoms with van der Waals surface area (Å²) < 4.78 is 5.63. The number of benzene rings is 1. The standard InChI is InChI=1S/C13H11ClN4O/c14-6-2-5-11-17-18-13(19-11)9-3-1-4-10-12(9)16-8-7-15-10/h1,3-4,7-8H,2,5-6H2. The van der Waals surface area contributed by atoms with Gasteiger partial charge in [0, 0.05) is 24.7 Å². The third-order valence-corrected chi connectivity index (χ3v) is 2.99. The molecule has 3 rings (SSSR count). The zero-order valence-corrected chi connectivity index (χ0v) is 10.8. The molecule has 5 nitrogen and oxygen atoms in total. The van der Waals surface area contributed by atoms with Gasteiger partial charge in [0.2, 0.25) is 11.8 Å². The Hall–Kier alpha value is -2.01. The van der Waals surface area contributed by atoms with Gasteiger partial charge in [-0.25, -0.2) is 0 Å². The van der Waals surface area contributed by atoms with E-state index in [1.54, 1.807) is 12.4 Å². The summed E-state index contributed by atoms with van der Waals surface area (Å²) in [4.78, 5) is 8.57. The van der Waals surface area contributed by atoms with E-state index in [0.29, 0.717) is 24.1 Å². The molecule has 0 radical (unpaired) electrons. The molecule has 0 amide bonds. The lowest BCUT2D eigenvalue weighted by molar-refractivity contribution is 0.503. The monoisotopic (exact) mass is 274 g/mol. The summed E-state index contributed by atoms with van der Waals surface area (Å²) in [6, 6.07) is 5.70. The predicted octanol–water partition coefficient (Wildman–Crippen LogP) is 2.85. The lowest BCUT2D eigenvalue weighted by Crippen LogP contribution is -1.86. The number of hydrogen-bond donors (Lipinski definition) is 0. The minimum absolute atomic E-state index is 0.468. The van der Waals surface area contributed by atoms with E-state index in [-0.39, 0.29) is 0 Å². The molecule has 0 spiro atoms. The Morgan fingerprint density at radius 2 is 2.00 bits per heavy atom. The summed E-state index contributed by atoms with van der Waals surface area (Å²) in [5, 5.41) is 8.08. The SMILES string of the molecule is ClCCCc1nnc(-c2cccc3nccnc23)o1. The van der Waals surface area contributed by atoms with Gasteiger partial charge in [-0.15, -0.1) is 21.8 Å². The summed E-state index contributed by atoms with van der Waals surface area (Å²) in [5.41, 5.74) is 2.37. The van der Waals surface area contributed by atoms with Crippen LogP contribution in [-0.4, -0.2) is 26.0 Å². The Morgan fingerprint density at radius 3 is 2.89 bits per heavy atom. The van der Waals surface area contributed by atoms with Crippen molar-refractivity contribution in [2.45, 2.75) is 12.8 Å². The molecule has 0 aliphatic heterocycles. The van der Waals surface area contributed by atoms with Crippen molar-refractivity contribution in [1.29, 1.82) is 0 Å². The number of alkyl halides is 1. The van der Waals surface area contributed by atoms with Crippen molar-refractivity contribution in [1.82, 2.24) is 20.2 Å². The fourth-order valence-electron chi connectivity index (χ4n) is 1.85. The van der Waals surface area contributed by atoms with Crippen LogP contribution in [0, 0.1) is 0 Å². The molecular formula is C13H11ClN4O. The van der Waals surface area contributed by atoms with Gasteiger partial charge >= 0.3 is 0 Å². The number of nitrogens with zero attached hydrogens (tertiary/aromatic N) is 4. The van der Waals surface area contributed by atoms with Crippen molar-refractivity contribution < 1.29 is 4.42 Å². The number of halogens is 1. The lowest BCUT2D eigenvalue weighted by atomic mass is 10.2. The van der Waals surface area contributed by atoms with Crippen LogP contribution in [0.4, 0.5) is 0 Å². The number of para-hydroxylation sites is 1. The van der Waals surface area contributed by atoms with Crippen LogP contribution in [0.3, 0.4) is 0 Å². The van der Waals surface area contributed by atoms with Gasteiger partial charge in [-0.05, 0) is 18.6 Å². The molecule has 96 valence electrons. The smallest absolute Gasteiger partial charge is 0.249 e. The Kier molecular flexibility index (Phi) is 3.37. The molecule has 2 heterocycles. The zero-order chi connectivity index (χ0) is 13.1. The Balaban J connectivity index is 2.02. The largest absolute Gasteiger partial charge is 0.421 e. The summed E-state index contributed by atoms with van der Waals surface area (Å²) in [7, 11) is 0. The van der Waals surface area contributed by atoms with E-state index in [1.807, 2.05) is 18.2 Å². The molecule has 3 aromatic rings. The van der Waals surface area contributed by atoms with E-state index in [0.717, 1.165) is 23.0 Å². The quantitative estimate of drug-likeness (QED) is 0.685. The van der Waals surface area contributed by atoms with Gasteiger partial charge in [-0.2, -0.15) is 0 Å². The highest BCUT2D eigenvalue weighted by atomic mass is 35.5. The molecule has 0 atom stereocenters. The number of aryl methyl sites for hydroxylation is 1. The van der Waals surface area contributed by atoms with E-state index in [1.165, 1.54) is 0 Å². The van der Waals surface area contributed by atoms with E-state index >= 15 is 0 Å². The second-order valence-corrected chi connectivity index (χ2v) is 4.40. The van der Waals surface area contributed by atoms with Crippen molar-refractivity contribution in [3.8, 4) is 11.5 Å². The minimum atomic E-state index is 0.468. The maximum atomic E-state index is 5.65. The number of fused-ring (bicyclic) bond motifs is 1. The molecule has 0 N–H and O–H groups in total. The van der Waals surface area contributed by atoms with Crippen LogP contribution in [-0.2, 0) is 6.42 Å². The fourth-order valence-corrected chi connectivity index (χ4v) is 1.98. The Bertz CT molecular complexity index is 692. The number of aromatic nitrogens is 4. The normalized spacial score (nSPS) is 11.0. The second-order valence-electron chi connectivity index (χ2n) is 4.02. The van der Waals surface area contributed by atoms with Crippen molar-refractivity contribution in [2.75, 3.05) is 5.88 Å². The van der Waals surface area contributed by atoms with Crippen LogP contribution >= 0.6 is 11.6 Å². The third kappa shape index (κ3) is 2.42. The van der Waals surface area contributed by atoms with Gasteiger partial charge in [0.1, 0.15) is 5.52 Å². The molecule has 6 heteroatoms. The van der Waals surface area contributed by atoms with Gasteiger partial charge in [-0.3, -0.25) is 9.97 Å². The maximum absolute atomic E-state index is 5.65. The summed E-state index contributed by atoms with van der Waals surface area (Å²) in [6.45, 7) is 0. The molecule has 0 unspecified atom stereocenters. The van der Waals surface area contributed by atoms with Gasteiger partial charge in [-0.1, -0.05) is 6.07 Å². The molecule has 0 bridgehead atoms.